The van der Waals surface area contributed by atoms with E-state index in [4.69, 9.17) is 11.6 Å². The molecule has 2 aromatic rings. The molecule has 110 valence electrons. The average Bonchev–Trinajstić information content (AvgIpc) is 3.05. The molecule has 3 rings (SSSR count). The number of aromatic amines is 1. The first-order valence-corrected chi connectivity index (χ1v) is 7.95. The van der Waals surface area contributed by atoms with Crippen LogP contribution in [0.3, 0.4) is 0 Å². The molecule has 0 spiro atoms. The van der Waals surface area contributed by atoms with Crippen LogP contribution >= 0.6 is 23.4 Å². The minimum absolute atomic E-state index is 0.338. The van der Waals surface area contributed by atoms with E-state index < -0.39 is 17.4 Å². The number of carboxylic acid groups (broad SMARTS) is 1. The molecule has 1 atom stereocenters. The molecule has 1 aliphatic rings. The van der Waals surface area contributed by atoms with Gasteiger partial charge < -0.3 is 15.4 Å². The summed E-state index contributed by atoms with van der Waals surface area (Å²) in [6.45, 7) is 0. The summed E-state index contributed by atoms with van der Waals surface area (Å²) in [7, 11) is 0. The topological polar surface area (TPSA) is 82.2 Å². The van der Waals surface area contributed by atoms with Crippen LogP contribution in [0.2, 0.25) is 5.02 Å². The number of rotatable bonds is 3. The first kappa shape index (κ1) is 14.3. The summed E-state index contributed by atoms with van der Waals surface area (Å²) >= 11 is 7.44. The van der Waals surface area contributed by atoms with Gasteiger partial charge in [-0.1, -0.05) is 17.7 Å². The highest BCUT2D eigenvalue weighted by Gasteiger charge is 2.43. The highest BCUT2D eigenvalue weighted by Crippen LogP contribution is 2.29. The van der Waals surface area contributed by atoms with Crippen molar-refractivity contribution in [3.63, 3.8) is 0 Å². The predicted octanol–water partition coefficient (Wildman–Crippen LogP) is 2.51. The van der Waals surface area contributed by atoms with Crippen molar-refractivity contribution in [2.45, 2.75) is 12.0 Å². The van der Waals surface area contributed by atoms with Gasteiger partial charge >= 0.3 is 5.97 Å². The van der Waals surface area contributed by atoms with E-state index in [9.17, 15) is 14.7 Å². The van der Waals surface area contributed by atoms with E-state index >= 15 is 0 Å². The summed E-state index contributed by atoms with van der Waals surface area (Å²) in [5, 5.41) is 13.5. The Hall–Kier alpha value is -1.66. The van der Waals surface area contributed by atoms with Crippen molar-refractivity contribution in [1.29, 1.82) is 0 Å². The van der Waals surface area contributed by atoms with Gasteiger partial charge in [-0.3, -0.25) is 4.79 Å². The van der Waals surface area contributed by atoms with Crippen molar-refractivity contribution in [3.05, 3.63) is 35.0 Å². The van der Waals surface area contributed by atoms with E-state index in [1.807, 2.05) is 6.07 Å². The minimum Gasteiger partial charge on any atom is -0.479 e. The largest absolute Gasteiger partial charge is 0.479 e. The molecule has 3 N–H and O–H groups in total. The maximum absolute atomic E-state index is 12.3. The summed E-state index contributed by atoms with van der Waals surface area (Å²) in [5.41, 5.74) is -0.0842. The second kappa shape index (κ2) is 5.27. The molecule has 2 heterocycles. The molecule has 1 aromatic carbocycles. The number of carbonyl (C=O) groups is 2. The number of amides is 1. The second-order valence-electron chi connectivity index (χ2n) is 5.06. The molecule has 7 heteroatoms. The number of halogens is 1. The Morgan fingerprint density at radius 2 is 2.19 bits per heavy atom. The number of aromatic nitrogens is 1. The zero-order valence-electron chi connectivity index (χ0n) is 11.0. The van der Waals surface area contributed by atoms with Gasteiger partial charge in [0.25, 0.3) is 5.91 Å². The smallest absolute Gasteiger partial charge is 0.330 e. The van der Waals surface area contributed by atoms with Crippen LogP contribution in [0, 0.1) is 0 Å². The molecule has 1 fully saturated rings. The van der Waals surface area contributed by atoms with Crippen molar-refractivity contribution in [2.75, 3.05) is 11.5 Å². The Kier molecular flexibility index (Phi) is 3.59. The molecule has 1 aromatic heterocycles. The van der Waals surface area contributed by atoms with Crippen LogP contribution in [0.25, 0.3) is 10.9 Å². The third kappa shape index (κ3) is 2.61. The summed E-state index contributed by atoms with van der Waals surface area (Å²) in [6.07, 6.45) is 0.435. The van der Waals surface area contributed by atoms with Crippen LogP contribution < -0.4 is 5.32 Å². The fourth-order valence-electron chi connectivity index (χ4n) is 2.39. The van der Waals surface area contributed by atoms with Gasteiger partial charge in [0.05, 0.1) is 0 Å². The lowest BCUT2D eigenvalue weighted by Gasteiger charge is -2.24. The number of carbonyl (C=O) groups excluding carboxylic acids is 1. The van der Waals surface area contributed by atoms with Gasteiger partial charge in [-0.05, 0) is 30.4 Å². The van der Waals surface area contributed by atoms with E-state index in [-0.39, 0.29) is 0 Å². The van der Waals surface area contributed by atoms with Crippen LogP contribution in [0.1, 0.15) is 16.9 Å². The first-order chi connectivity index (χ1) is 10.00. The van der Waals surface area contributed by atoms with E-state index in [1.165, 1.54) is 11.8 Å². The van der Waals surface area contributed by atoms with Crippen molar-refractivity contribution < 1.29 is 14.7 Å². The van der Waals surface area contributed by atoms with Crippen LogP contribution in [0.15, 0.2) is 24.3 Å². The third-order valence-corrected chi connectivity index (χ3v) is 5.04. The fourth-order valence-corrected chi connectivity index (χ4v) is 3.89. The highest BCUT2D eigenvalue weighted by atomic mass is 35.5. The summed E-state index contributed by atoms with van der Waals surface area (Å²) < 4.78 is 0. The Morgan fingerprint density at radius 3 is 2.86 bits per heavy atom. The zero-order chi connectivity index (χ0) is 15.0. The van der Waals surface area contributed by atoms with Crippen LogP contribution in [0.5, 0.6) is 0 Å². The number of thioether (sulfide) groups is 1. The number of H-pyrrole nitrogens is 1. The lowest BCUT2D eigenvalue weighted by Crippen LogP contribution is -2.54. The van der Waals surface area contributed by atoms with Crippen LogP contribution in [-0.2, 0) is 4.79 Å². The molecule has 1 unspecified atom stereocenters. The van der Waals surface area contributed by atoms with E-state index in [2.05, 4.69) is 10.3 Å². The minimum atomic E-state index is -1.17. The standard InChI is InChI=1S/C14H13ClN2O3S/c15-9-2-1-8-5-11(16-10(8)6-9)12(18)17-14(13(19)20)3-4-21-7-14/h1-2,5-6,16H,3-4,7H2,(H,17,18)(H,19,20). The van der Waals surface area contributed by atoms with Gasteiger partial charge in [0.2, 0.25) is 0 Å². The fraction of sp³-hybridized carbons (Fsp3) is 0.286. The van der Waals surface area contributed by atoms with Gasteiger partial charge in [0.15, 0.2) is 0 Å². The number of benzene rings is 1. The molecule has 21 heavy (non-hydrogen) atoms. The first-order valence-electron chi connectivity index (χ1n) is 6.42. The van der Waals surface area contributed by atoms with Gasteiger partial charge in [-0.25, -0.2) is 4.79 Å². The quantitative estimate of drug-likeness (QED) is 0.810. The van der Waals surface area contributed by atoms with E-state index in [0.29, 0.717) is 22.9 Å². The molecule has 1 aliphatic heterocycles. The third-order valence-electron chi connectivity index (χ3n) is 3.61. The maximum Gasteiger partial charge on any atom is 0.330 e. The molecular weight excluding hydrogens is 312 g/mol. The zero-order valence-corrected chi connectivity index (χ0v) is 12.6. The van der Waals surface area contributed by atoms with Gasteiger partial charge in [0.1, 0.15) is 11.2 Å². The van der Waals surface area contributed by atoms with Crippen molar-refractivity contribution >= 4 is 46.1 Å². The monoisotopic (exact) mass is 324 g/mol. The van der Waals surface area contributed by atoms with Crippen molar-refractivity contribution in [2.24, 2.45) is 0 Å². The Morgan fingerprint density at radius 1 is 1.38 bits per heavy atom. The van der Waals surface area contributed by atoms with E-state index in [0.717, 1.165) is 16.7 Å². The number of aliphatic carboxylic acids is 1. The van der Waals surface area contributed by atoms with Gasteiger partial charge in [-0.15, -0.1) is 0 Å². The van der Waals surface area contributed by atoms with Crippen LogP contribution in [-0.4, -0.2) is 39.0 Å². The Balaban J connectivity index is 1.88. The predicted molar refractivity (Wildman–Crippen MR) is 83.1 cm³/mol. The molecule has 1 amide bonds. The average molecular weight is 325 g/mol. The molecule has 0 aliphatic carbocycles. The summed E-state index contributed by atoms with van der Waals surface area (Å²) in [4.78, 5) is 26.7. The summed E-state index contributed by atoms with van der Waals surface area (Å²) in [6, 6.07) is 6.97. The molecule has 0 bridgehead atoms. The number of fused-ring (bicyclic) bond motifs is 1. The summed E-state index contributed by atoms with van der Waals surface area (Å²) in [5.74, 6) is -0.276. The lowest BCUT2D eigenvalue weighted by molar-refractivity contribution is -0.143. The van der Waals surface area contributed by atoms with Gasteiger partial charge in [0, 0.05) is 21.7 Å². The van der Waals surface area contributed by atoms with E-state index in [1.54, 1.807) is 18.2 Å². The highest BCUT2D eigenvalue weighted by molar-refractivity contribution is 7.99. The van der Waals surface area contributed by atoms with Gasteiger partial charge in [-0.2, -0.15) is 11.8 Å². The Bertz CT molecular complexity index is 722. The SMILES string of the molecule is O=C(NC1(C(=O)O)CCSC1)c1cc2ccc(Cl)cc2[nH]1. The van der Waals surface area contributed by atoms with Crippen LogP contribution in [0.4, 0.5) is 0 Å². The second-order valence-corrected chi connectivity index (χ2v) is 6.60. The molecule has 5 nitrogen and oxygen atoms in total. The molecule has 1 saturated heterocycles. The number of hydrogen-bond donors (Lipinski definition) is 3. The lowest BCUT2D eigenvalue weighted by atomic mass is 9.99. The van der Waals surface area contributed by atoms with Crippen molar-refractivity contribution in [1.82, 2.24) is 10.3 Å². The Labute approximate surface area is 130 Å². The molecular formula is C14H13ClN2O3S. The number of nitrogens with one attached hydrogen (secondary N) is 2. The number of carboxylic acids is 1. The number of hydrogen-bond acceptors (Lipinski definition) is 3. The normalized spacial score (nSPS) is 21.6. The molecule has 0 radical (unpaired) electrons. The maximum atomic E-state index is 12.3. The molecule has 0 saturated carbocycles. The van der Waals surface area contributed by atoms with Crippen molar-refractivity contribution in [3.8, 4) is 0 Å².